The molecular weight excluding hydrogens is 585 g/mol. The Morgan fingerprint density at radius 2 is 1.02 bits per heavy atom. The van der Waals surface area contributed by atoms with Crippen LogP contribution in [0.4, 0.5) is 5.69 Å². The third-order valence-corrected chi connectivity index (χ3v) is 9.41. The highest BCUT2D eigenvalue weighted by Gasteiger charge is 2.19. The van der Waals surface area contributed by atoms with Gasteiger partial charge in [0.2, 0.25) is 0 Å². The zero-order valence-electron chi connectivity index (χ0n) is 25.8. The first-order valence-corrected chi connectivity index (χ1v) is 15.9. The van der Waals surface area contributed by atoms with E-state index in [4.69, 9.17) is 6.57 Å². The van der Waals surface area contributed by atoms with E-state index >= 15 is 0 Å². The molecule has 0 aliphatic rings. The number of nitrogens with zero attached hydrogens (tertiary/aromatic N) is 4. The molecule has 0 atom stereocenters. The minimum Gasteiger partial charge on any atom is -0.309 e. The van der Waals surface area contributed by atoms with Crippen molar-refractivity contribution in [1.29, 1.82) is 5.26 Å². The molecule has 0 N–H and O–H groups in total. The first-order valence-electron chi connectivity index (χ1n) is 15.9. The number of hydrogen-bond acceptors (Lipinski definition) is 1. The normalized spacial score (nSPS) is 11.3. The van der Waals surface area contributed by atoms with Crippen LogP contribution in [0.2, 0.25) is 0 Å². The number of fused-ring (bicyclic) bond motifs is 6. The summed E-state index contributed by atoms with van der Waals surface area (Å²) in [5.41, 5.74) is 11.4. The van der Waals surface area contributed by atoms with Crippen LogP contribution in [0.25, 0.3) is 82.1 Å². The summed E-state index contributed by atoms with van der Waals surface area (Å²) in [5, 5.41) is 15.3. The zero-order valence-corrected chi connectivity index (χ0v) is 25.8. The van der Waals surface area contributed by atoms with Gasteiger partial charge in [-0.25, -0.2) is 4.85 Å². The molecule has 0 radical (unpaired) electrons. The Morgan fingerprint density at radius 1 is 0.479 bits per heavy atom. The van der Waals surface area contributed by atoms with E-state index < -0.39 is 0 Å². The standard InChI is InChI=1S/C44H26N4/c1-46-30-23-26-44-38(27-30)37-14-5-9-20-43(37)48(44)42-19-8-2-11-34(42)33-16-10-15-32(39(33)28-45)29-21-24-31(25-22-29)47-40-17-6-3-12-35(40)36-13-4-7-18-41(36)47/h2-27H. The fraction of sp³-hybridized carbons (Fsp3) is 0. The molecule has 0 saturated heterocycles. The second-order valence-corrected chi connectivity index (χ2v) is 11.9. The average molecular weight is 611 g/mol. The molecule has 0 amide bonds. The van der Waals surface area contributed by atoms with E-state index in [1.165, 1.54) is 10.8 Å². The maximum Gasteiger partial charge on any atom is 0.188 e. The van der Waals surface area contributed by atoms with Crippen LogP contribution in [0.1, 0.15) is 5.56 Å². The van der Waals surface area contributed by atoms with Crippen LogP contribution in [-0.4, -0.2) is 9.13 Å². The van der Waals surface area contributed by atoms with Crippen molar-refractivity contribution in [2.75, 3.05) is 0 Å². The maximum atomic E-state index is 10.7. The molecule has 0 aliphatic carbocycles. The Hall–Kier alpha value is -6.88. The molecule has 0 saturated carbocycles. The topological polar surface area (TPSA) is 38.0 Å². The van der Waals surface area contributed by atoms with Crippen molar-refractivity contribution in [1.82, 2.24) is 9.13 Å². The Morgan fingerprint density at radius 3 is 1.69 bits per heavy atom. The largest absolute Gasteiger partial charge is 0.309 e. The van der Waals surface area contributed by atoms with Crippen LogP contribution in [-0.2, 0) is 0 Å². The SMILES string of the molecule is [C-]#[N+]c1ccc2c(c1)c1ccccc1n2-c1ccccc1-c1cccc(-c2ccc(-n3c4ccccc4c4ccccc43)cc2)c1C#N. The predicted octanol–water partition coefficient (Wildman–Crippen LogP) is 11.6. The van der Waals surface area contributed by atoms with Gasteiger partial charge in [0, 0.05) is 38.5 Å². The van der Waals surface area contributed by atoms with Gasteiger partial charge in [-0.05, 0) is 59.5 Å². The summed E-state index contributed by atoms with van der Waals surface area (Å²) < 4.78 is 4.56. The van der Waals surface area contributed by atoms with Gasteiger partial charge in [0.15, 0.2) is 5.69 Å². The Kier molecular flexibility index (Phi) is 6.22. The summed E-state index contributed by atoms with van der Waals surface area (Å²) in [6.45, 7) is 7.58. The number of aromatic nitrogens is 2. The minimum atomic E-state index is 0.613. The van der Waals surface area contributed by atoms with Crippen molar-refractivity contribution in [3.05, 3.63) is 175 Å². The molecule has 0 fully saturated rings. The van der Waals surface area contributed by atoms with Gasteiger partial charge in [0.05, 0.1) is 39.9 Å². The van der Waals surface area contributed by atoms with Gasteiger partial charge in [0.25, 0.3) is 0 Å². The zero-order chi connectivity index (χ0) is 32.2. The summed E-state index contributed by atoms with van der Waals surface area (Å²) in [7, 11) is 0. The van der Waals surface area contributed by atoms with Gasteiger partial charge in [0.1, 0.15) is 6.07 Å². The highest BCUT2D eigenvalue weighted by Crippen LogP contribution is 2.40. The van der Waals surface area contributed by atoms with E-state index in [9.17, 15) is 5.26 Å². The summed E-state index contributed by atoms with van der Waals surface area (Å²) in [4.78, 5) is 3.69. The predicted molar refractivity (Wildman–Crippen MR) is 197 cm³/mol. The van der Waals surface area contributed by atoms with E-state index in [0.717, 1.165) is 66.5 Å². The van der Waals surface area contributed by atoms with Crippen molar-refractivity contribution in [3.8, 4) is 39.7 Å². The van der Waals surface area contributed by atoms with Crippen molar-refractivity contribution < 1.29 is 0 Å². The van der Waals surface area contributed by atoms with Gasteiger partial charge >= 0.3 is 0 Å². The van der Waals surface area contributed by atoms with Crippen LogP contribution >= 0.6 is 0 Å². The molecule has 7 aromatic carbocycles. The van der Waals surface area contributed by atoms with Crippen LogP contribution < -0.4 is 0 Å². The molecule has 2 heterocycles. The van der Waals surface area contributed by atoms with E-state index in [1.807, 2.05) is 60.7 Å². The molecule has 222 valence electrons. The fourth-order valence-electron chi connectivity index (χ4n) is 7.31. The molecule has 4 heteroatoms. The molecule has 0 aliphatic heterocycles. The number of rotatable bonds is 4. The Labute approximate surface area is 277 Å². The number of para-hydroxylation sites is 4. The number of benzene rings is 7. The lowest BCUT2D eigenvalue weighted by Gasteiger charge is -2.17. The molecule has 48 heavy (non-hydrogen) atoms. The summed E-state index contributed by atoms with van der Waals surface area (Å²) in [6.07, 6.45) is 0. The summed E-state index contributed by atoms with van der Waals surface area (Å²) in [6, 6.07) is 56.7. The molecule has 9 rings (SSSR count). The second kappa shape index (κ2) is 10.9. The lowest BCUT2D eigenvalue weighted by Crippen LogP contribution is -1.99. The van der Waals surface area contributed by atoms with E-state index in [-0.39, 0.29) is 0 Å². The van der Waals surface area contributed by atoms with Crippen molar-refractivity contribution in [2.24, 2.45) is 0 Å². The third kappa shape index (κ3) is 4.07. The molecule has 0 spiro atoms. The fourth-order valence-corrected chi connectivity index (χ4v) is 7.31. The van der Waals surface area contributed by atoms with Gasteiger partial charge in [-0.3, -0.25) is 0 Å². The average Bonchev–Trinajstić information content (AvgIpc) is 3.67. The first kappa shape index (κ1) is 27.4. The van der Waals surface area contributed by atoms with Gasteiger partial charge in [-0.2, -0.15) is 5.26 Å². The lowest BCUT2D eigenvalue weighted by atomic mass is 9.91. The minimum absolute atomic E-state index is 0.613. The maximum absolute atomic E-state index is 10.7. The van der Waals surface area contributed by atoms with E-state index in [2.05, 4.69) is 117 Å². The van der Waals surface area contributed by atoms with Crippen molar-refractivity contribution >= 4 is 49.3 Å². The number of hydrogen-bond donors (Lipinski definition) is 0. The van der Waals surface area contributed by atoms with Crippen LogP contribution in [0.15, 0.2) is 158 Å². The molecule has 9 aromatic rings. The van der Waals surface area contributed by atoms with Gasteiger partial charge < -0.3 is 9.13 Å². The van der Waals surface area contributed by atoms with Crippen LogP contribution in [0.3, 0.4) is 0 Å². The molecular formula is C44H26N4. The Balaban J connectivity index is 1.20. The van der Waals surface area contributed by atoms with Gasteiger partial charge in [-0.1, -0.05) is 109 Å². The smallest absolute Gasteiger partial charge is 0.188 e. The van der Waals surface area contributed by atoms with Crippen LogP contribution in [0, 0.1) is 17.9 Å². The summed E-state index contributed by atoms with van der Waals surface area (Å²) in [5.74, 6) is 0. The lowest BCUT2D eigenvalue weighted by molar-refractivity contribution is 1.18. The highest BCUT2D eigenvalue weighted by molar-refractivity contribution is 6.11. The van der Waals surface area contributed by atoms with Crippen molar-refractivity contribution in [3.63, 3.8) is 0 Å². The summed E-state index contributed by atoms with van der Waals surface area (Å²) >= 11 is 0. The number of nitriles is 1. The van der Waals surface area contributed by atoms with Gasteiger partial charge in [-0.15, -0.1) is 0 Å². The second-order valence-electron chi connectivity index (χ2n) is 11.9. The highest BCUT2D eigenvalue weighted by atomic mass is 15.0. The molecule has 2 aromatic heterocycles. The monoisotopic (exact) mass is 610 g/mol. The van der Waals surface area contributed by atoms with E-state index in [0.29, 0.717) is 11.3 Å². The molecule has 0 unspecified atom stereocenters. The first-order chi connectivity index (χ1) is 23.7. The third-order valence-electron chi connectivity index (χ3n) is 9.41. The quantitative estimate of drug-likeness (QED) is 0.183. The van der Waals surface area contributed by atoms with E-state index in [1.54, 1.807) is 0 Å². The Bertz CT molecular complexity index is 2750. The molecule has 4 nitrogen and oxygen atoms in total. The molecule has 0 bridgehead atoms. The van der Waals surface area contributed by atoms with Crippen molar-refractivity contribution in [2.45, 2.75) is 0 Å². The van der Waals surface area contributed by atoms with Crippen LogP contribution in [0.5, 0.6) is 0 Å².